The average Bonchev–Trinajstić information content (AvgIpc) is 2.75. The molecule has 1 unspecified atom stereocenters. The number of amides is 1. The van der Waals surface area contributed by atoms with Gasteiger partial charge in [-0.2, -0.15) is 0 Å². The number of hydrogen-bond acceptors (Lipinski definition) is 2. The average molecular weight is 389 g/mol. The predicted octanol–water partition coefficient (Wildman–Crippen LogP) is 3.80. The fraction of sp³-hybridized carbons (Fsp3) is 0.429. The van der Waals surface area contributed by atoms with Crippen molar-refractivity contribution >= 4 is 43.6 Å². The van der Waals surface area contributed by atoms with E-state index >= 15 is 0 Å². The van der Waals surface area contributed by atoms with E-state index in [1.807, 2.05) is 17.0 Å². The summed E-state index contributed by atoms with van der Waals surface area (Å²) in [5.74, 6) is 0.141. The summed E-state index contributed by atoms with van der Waals surface area (Å²) in [7, 11) is 0. The first-order valence-electron chi connectivity index (χ1n) is 6.24. The molecule has 5 heteroatoms. The van der Waals surface area contributed by atoms with Crippen LogP contribution in [0.5, 0.6) is 0 Å². The lowest BCUT2D eigenvalue weighted by atomic mass is 10.1. The topological polar surface area (TPSA) is 37.4 Å². The van der Waals surface area contributed by atoms with Crippen molar-refractivity contribution in [2.75, 3.05) is 6.54 Å². The van der Waals surface area contributed by atoms with Crippen molar-refractivity contribution in [3.63, 3.8) is 0 Å². The fourth-order valence-corrected chi connectivity index (χ4v) is 3.68. The number of carbonyl (C=O) groups excluding carboxylic acids is 2. The number of nitrogens with zero attached hydrogens (tertiary/aromatic N) is 1. The van der Waals surface area contributed by atoms with Crippen LogP contribution in [0.3, 0.4) is 0 Å². The highest BCUT2D eigenvalue weighted by Crippen LogP contribution is 2.27. The lowest BCUT2D eigenvalue weighted by molar-refractivity contribution is -0.117. The molecular weight excluding hydrogens is 374 g/mol. The minimum atomic E-state index is 0.00289. The number of hydrogen-bond donors (Lipinski definition) is 0. The highest BCUT2D eigenvalue weighted by atomic mass is 79.9. The van der Waals surface area contributed by atoms with E-state index in [4.69, 9.17) is 0 Å². The van der Waals surface area contributed by atoms with Crippen LogP contribution >= 0.6 is 31.9 Å². The van der Waals surface area contributed by atoms with Crippen LogP contribution in [0.4, 0.5) is 0 Å². The van der Waals surface area contributed by atoms with E-state index in [0.29, 0.717) is 12.0 Å². The zero-order valence-electron chi connectivity index (χ0n) is 10.7. The Morgan fingerprint density at radius 1 is 1.37 bits per heavy atom. The van der Waals surface area contributed by atoms with E-state index in [-0.39, 0.29) is 17.7 Å². The number of carbonyl (C=O) groups is 2. The van der Waals surface area contributed by atoms with Gasteiger partial charge < -0.3 is 4.90 Å². The Balaban J connectivity index is 2.20. The van der Waals surface area contributed by atoms with Gasteiger partial charge in [-0.15, -0.1) is 0 Å². The molecule has 1 heterocycles. The number of Topliss-reactive ketones (excluding diaryl/α,β-unsaturated/α-hetero) is 1. The molecule has 2 rings (SSSR count). The summed E-state index contributed by atoms with van der Waals surface area (Å²) in [5.41, 5.74) is 0.652. The molecule has 0 N–H and O–H groups in total. The van der Waals surface area contributed by atoms with Crippen LogP contribution in [0.15, 0.2) is 27.1 Å². The molecule has 102 valence electrons. The monoisotopic (exact) mass is 387 g/mol. The number of benzene rings is 1. The van der Waals surface area contributed by atoms with Gasteiger partial charge in [-0.1, -0.05) is 15.9 Å². The summed E-state index contributed by atoms with van der Waals surface area (Å²) in [4.78, 5) is 25.6. The van der Waals surface area contributed by atoms with Crippen LogP contribution in [0, 0.1) is 0 Å². The zero-order chi connectivity index (χ0) is 14.0. The first-order chi connectivity index (χ1) is 8.99. The Bertz CT molecular complexity index is 516. The second kappa shape index (κ2) is 6.18. The quantitative estimate of drug-likeness (QED) is 0.789. The Kier molecular flexibility index (Phi) is 4.79. The second-order valence-electron chi connectivity index (χ2n) is 4.82. The molecule has 1 atom stereocenters. The second-order valence-corrected chi connectivity index (χ2v) is 6.59. The van der Waals surface area contributed by atoms with Gasteiger partial charge >= 0.3 is 0 Å². The van der Waals surface area contributed by atoms with Gasteiger partial charge in [0.15, 0.2) is 0 Å². The van der Waals surface area contributed by atoms with E-state index in [1.54, 1.807) is 13.0 Å². The van der Waals surface area contributed by atoms with Gasteiger partial charge in [-0.05, 0) is 53.9 Å². The SMILES string of the molecule is CC(=O)CC1CCCN1C(=O)c1ccc(Br)cc1Br. The smallest absolute Gasteiger partial charge is 0.255 e. The molecule has 1 saturated heterocycles. The normalized spacial score (nSPS) is 18.7. The molecule has 0 spiro atoms. The maximum atomic E-state index is 12.5. The molecule has 0 bridgehead atoms. The van der Waals surface area contributed by atoms with Crippen molar-refractivity contribution in [1.82, 2.24) is 4.90 Å². The fourth-order valence-electron chi connectivity index (χ4n) is 2.46. The number of likely N-dealkylation sites (tertiary alicyclic amines) is 1. The molecular formula is C14H15Br2NO2. The third-order valence-corrected chi connectivity index (χ3v) is 4.47. The summed E-state index contributed by atoms with van der Waals surface area (Å²) >= 11 is 6.80. The summed E-state index contributed by atoms with van der Waals surface area (Å²) in [5, 5.41) is 0. The first kappa shape index (κ1) is 14.7. The molecule has 0 saturated carbocycles. The Morgan fingerprint density at radius 2 is 2.11 bits per heavy atom. The summed E-state index contributed by atoms with van der Waals surface area (Å²) in [6.07, 6.45) is 2.34. The van der Waals surface area contributed by atoms with Crippen molar-refractivity contribution < 1.29 is 9.59 Å². The summed E-state index contributed by atoms with van der Waals surface area (Å²) in [6.45, 7) is 2.32. The molecule has 1 aliphatic rings. The minimum Gasteiger partial charge on any atom is -0.335 e. The number of halogens is 2. The third-order valence-electron chi connectivity index (χ3n) is 3.32. The molecule has 1 amide bonds. The highest BCUT2D eigenvalue weighted by molar-refractivity contribution is 9.11. The van der Waals surface area contributed by atoms with Crippen molar-refractivity contribution in [1.29, 1.82) is 0 Å². The van der Waals surface area contributed by atoms with Crippen molar-refractivity contribution in [2.24, 2.45) is 0 Å². The van der Waals surface area contributed by atoms with Crippen LogP contribution in [0.2, 0.25) is 0 Å². The molecule has 19 heavy (non-hydrogen) atoms. The van der Waals surface area contributed by atoms with Crippen LogP contribution in [0.25, 0.3) is 0 Å². The number of rotatable bonds is 3. The largest absolute Gasteiger partial charge is 0.335 e. The molecule has 1 fully saturated rings. The minimum absolute atomic E-state index is 0.00289. The first-order valence-corrected chi connectivity index (χ1v) is 7.83. The summed E-state index contributed by atoms with van der Waals surface area (Å²) in [6, 6.07) is 5.58. The number of ketones is 1. The lowest BCUT2D eigenvalue weighted by Crippen LogP contribution is -2.36. The van der Waals surface area contributed by atoms with Gasteiger partial charge in [0.1, 0.15) is 5.78 Å². The van der Waals surface area contributed by atoms with E-state index in [0.717, 1.165) is 28.3 Å². The van der Waals surface area contributed by atoms with Crippen LogP contribution in [-0.4, -0.2) is 29.2 Å². The van der Waals surface area contributed by atoms with E-state index in [9.17, 15) is 9.59 Å². The van der Waals surface area contributed by atoms with Crippen molar-refractivity contribution in [3.05, 3.63) is 32.7 Å². The van der Waals surface area contributed by atoms with Crippen molar-refractivity contribution in [3.8, 4) is 0 Å². The van der Waals surface area contributed by atoms with E-state index in [1.165, 1.54) is 0 Å². The summed E-state index contributed by atoms with van der Waals surface area (Å²) < 4.78 is 1.71. The van der Waals surface area contributed by atoms with Gasteiger partial charge in [0.2, 0.25) is 0 Å². The maximum absolute atomic E-state index is 12.5. The molecule has 0 aliphatic carbocycles. The highest BCUT2D eigenvalue weighted by Gasteiger charge is 2.30. The van der Waals surface area contributed by atoms with Crippen molar-refractivity contribution in [2.45, 2.75) is 32.2 Å². The Labute approximate surface area is 129 Å². The standard InChI is InChI=1S/C14H15Br2NO2/c1-9(18)7-11-3-2-6-17(11)14(19)12-5-4-10(15)8-13(12)16/h4-5,8,11H,2-3,6-7H2,1H3. The van der Waals surface area contributed by atoms with Crippen LogP contribution in [-0.2, 0) is 4.79 Å². The van der Waals surface area contributed by atoms with Gasteiger partial charge in [0.25, 0.3) is 5.91 Å². The molecule has 1 aromatic carbocycles. The molecule has 1 aliphatic heterocycles. The van der Waals surface area contributed by atoms with Crippen LogP contribution < -0.4 is 0 Å². The Hall–Kier alpha value is -0.680. The predicted molar refractivity (Wildman–Crippen MR) is 81.2 cm³/mol. The maximum Gasteiger partial charge on any atom is 0.255 e. The van der Waals surface area contributed by atoms with Gasteiger partial charge in [-0.25, -0.2) is 0 Å². The molecule has 3 nitrogen and oxygen atoms in total. The van der Waals surface area contributed by atoms with Gasteiger partial charge in [-0.3, -0.25) is 9.59 Å². The van der Waals surface area contributed by atoms with E-state index < -0.39 is 0 Å². The molecule has 0 aromatic heterocycles. The van der Waals surface area contributed by atoms with Crippen LogP contribution in [0.1, 0.15) is 36.5 Å². The van der Waals surface area contributed by atoms with E-state index in [2.05, 4.69) is 31.9 Å². The lowest BCUT2D eigenvalue weighted by Gasteiger charge is -2.24. The van der Waals surface area contributed by atoms with Gasteiger partial charge in [0, 0.05) is 28.0 Å². The molecule has 0 radical (unpaired) electrons. The molecule has 1 aromatic rings. The van der Waals surface area contributed by atoms with Gasteiger partial charge in [0.05, 0.1) is 5.56 Å². The zero-order valence-corrected chi connectivity index (χ0v) is 13.8. The third kappa shape index (κ3) is 3.45. The Morgan fingerprint density at radius 3 is 2.74 bits per heavy atom.